The number of nitrogens with one attached hydrogen (secondary N) is 1. The SMILES string of the molecule is COc1ccc2c(CC(=O)NC3C4CCCC3CC(N)C4)coc2c1. The van der Waals surface area contributed by atoms with Gasteiger partial charge in [0.05, 0.1) is 19.8 Å². The van der Waals surface area contributed by atoms with Crippen molar-refractivity contribution in [3.05, 3.63) is 30.0 Å². The molecule has 0 spiro atoms. The van der Waals surface area contributed by atoms with E-state index in [2.05, 4.69) is 5.32 Å². The first-order valence-electron chi connectivity index (χ1n) is 9.23. The van der Waals surface area contributed by atoms with Gasteiger partial charge in [-0.25, -0.2) is 0 Å². The number of furan rings is 1. The van der Waals surface area contributed by atoms with Crippen LogP contribution in [0.4, 0.5) is 0 Å². The van der Waals surface area contributed by atoms with Crippen LogP contribution in [0.2, 0.25) is 0 Å². The normalized spacial score (nSPS) is 28.7. The molecule has 1 aromatic carbocycles. The fourth-order valence-corrected chi connectivity index (χ4v) is 4.76. The van der Waals surface area contributed by atoms with E-state index in [1.165, 1.54) is 19.3 Å². The van der Waals surface area contributed by atoms with E-state index >= 15 is 0 Å². The Morgan fingerprint density at radius 3 is 2.80 bits per heavy atom. The first-order chi connectivity index (χ1) is 12.1. The van der Waals surface area contributed by atoms with Crippen molar-refractivity contribution in [1.82, 2.24) is 5.32 Å². The molecule has 2 saturated carbocycles. The highest BCUT2D eigenvalue weighted by molar-refractivity contribution is 5.88. The number of nitrogens with two attached hydrogens (primary N) is 1. The third-order valence-corrected chi connectivity index (χ3v) is 5.92. The summed E-state index contributed by atoms with van der Waals surface area (Å²) in [6.07, 6.45) is 7.74. The highest BCUT2D eigenvalue weighted by Crippen LogP contribution is 2.39. The molecular formula is C20H26N2O3. The van der Waals surface area contributed by atoms with Crippen molar-refractivity contribution in [2.24, 2.45) is 17.6 Å². The summed E-state index contributed by atoms with van der Waals surface area (Å²) in [5, 5.41) is 4.28. The first kappa shape index (κ1) is 16.5. The summed E-state index contributed by atoms with van der Waals surface area (Å²) in [6, 6.07) is 6.29. The van der Waals surface area contributed by atoms with Crippen LogP contribution in [0.25, 0.3) is 11.0 Å². The van der Waals surface area contributed by atoms with Crippen molar-refractivity contribution in [3.63, 3.8) is 0 Å². The number of ether oxygens (including phenoxy) is 1. The number of hydrogen-bond acceptors (Lipinski definition) is 4. The molecule has 2 atom stereocenters. The van der Waals surface area contributed by atoms with Crippen LogP contribution in [0.3, 0.4) is 0 Å². The maximum Gasteiger partial charge on any atom is 0.224 e. The summed E-state index contributed by atoms with van der Waals surface area (Å²) in [5.41, 5.74) is 7.85. The monoisotopic (exact) mass is 342 g/mol. The Bertz CT molecular complexity index is 755. The van der Waals surface area contributed by atoms with Crippen molar-refractivity contribution in [2.75, 3.05) is 7.11 Å². The number of carbonyl (C=O) groups is 1. The lowest BCUT2D eigenvalue weighted by Crippen LogP contribution is -2.54. The quantitative estimate of drug-likeness (QED) is 0.895. The minimum absolute atomic E-state index is 0.0795. The smallest absolute Gasteiger partial charge is 0.224 e. The van der Waals surface area contributed by atoms with Gasteiger partial charge in [0.1, 0.15) is 11.3 Å². The molecule has 2 aliphatic rings. The molecule has 1 aromatic heterocycles. The molecule has 2 unspecified atom stereocenters. The van der Waals surface area contributed by atoms with Gasteiger partial charge in [0, 0.05) is 29.1 Å². The molecule has 0 radical (unpaired) electrons. The van der Waals surface area contributed by atoms with E-state index in [9.17, 15) is 4.79 Å². The van der Waals surface area contributed by atoms with Crippen LogP contribution in [-0.4, -0.2) is 25.1 Å². The van der Waals surface area contributed by atoms with Crippen LogP contribution in [0.5, 0.6) is 5.75 Å². The van der Waals surface area contributed by atoms with Gasteiger partial charge >= 0.3 is 0 Å². The fraction of sp³-hybridized carbons (Fsp3) is 0.550. The van der Waals surface area contributed by atoms with Gasteiger partial charge in [0.2, 0.25) is 5.91 Å². The van der Waals surface area contributed by atoms with E-state index in [1.807, 2.05) is 18.2 Å². The van der Waals surface area contributed by atoms with Gasteiger partial charge in [-0.3, -0.25) is 4.79 Å². The zero-order chi connectivity index (χ0) is 17.4. The van der Waals surface area contributed by atoms with Gasteiger partial charge < -0.3 is 20.2 Å². The van der Waals surface area contributed by atoms with Gasteiger partial charge in [-0.15, -0.1) is 0 Å². The van der Waals surface area contributed by atoms with E-state index in [0.29, 0.717) is 30.3 Å². The lowest BCUT2D eigenvalue weighted by atomic mass is 9.67. The molecule has 5 nitrogen and oxygen atoms in total. The topological polar surface area (TPSA) is 77.5 Å². The summed E-state index contributed by atoms with van der Waals surface area (Å²) >= 11 is 0. The van der Waals surface area contributed by atoms with Crippen molar-refractivity contribution < 1.29 is 13.9 Å². The number of methoxy groups -OCH3 is 1. The predicted molar refractivity (Wildman–Crippen MR) is 96.4 cm³/mol. The van der Waals surface area contributed by atoms with E-state index in [1.54, 1.807) is 13.4 Å². The molecule has 2 aliphatic carbocycles. The molecular weight excluding hydrogens is 316 g/mol. The summed E-state index contributed by atoms with van der Waals surface area (Å²) < 4.78 is 10.8. The molecule has 1 amide bonds. The minimum Gasteiger partial charge on any atom is -0.497 e. The molecule has 2 fully saturated rings. The second-order valence-corrected chi connectivity index (χ2v) is 7.58. The van der Waals surface area contributed by atoms with Crippen LogP contribution >= 0.6 is 0 Å². The van der Waals surface area contributed by atoms with Gasteiger partial charge in [-0.2, -0.15) is 0 Å². The Morgan fingerprint density at radius 1 is 1.32 bits per heavy atom. The van der Waals surface area contributed by atoms with Crippen LogP contribution in [0.15, 0.2) is 28.9 Å². The Balaban J connectivity index is 1.46. The van der Waals surface area contributed by atoms with Crippen molar-refractivity contribution in [1.29, 1.82) is 0 Å². The predicted octanol–water partition coefficient (Wildman–Crippen LogP) is 3.01. The van der Waals surface area contributed by atoms with Crippen LogP contribution < -0.4 is 15.8 Å². The number of rotatable bonds is 4. The Kier molecular flexibility index (Phi) is 4.42. The maximum absolute atomic E-state index is 12.6. The molecule has 2 aromatic rings. The summed E-state index contributed by atoms with van der Waals surface area (Å²) in [4.78, 5) is 12.6. The molecule has 3 N–H and O–H groups in total. The molecule has 0 aliphatic heterocycles. The Morgan fingerprint density at radius 2 is 2.08 bits per heavy atom. The van der Waals surface area contributed by atoms with E-state index in [0.717, 1.165) is 35.1 Å². The van der Waals surface area contributed by atoms with E-state index in [-0.39, 0.29) is 5.91 Å². The minimum atomic E-state index is 0.0795. The van der Waals surface area contributed by atoms with E-state index < -0.39 is 0 Å². The summed E-state index contributed by atoms with van der Waals surface area (Å²) in [7, 11) is 1.63. The Hall–Kier alpha value is -2.01. The number of amides is 1. The maximum atomic E-state index is 12.6. The fourth-order valence-electron chi connectivity index (χ4n) is 4.76. The largest absolute Gasteiger partial charge is 0.497 e. The number of hydrogen-bond donors (Lipinski definition) is 2. The second-order valence-electron chi connectivity index (χ2n) is 7.58. The molecule has 4 rings (SSSR count). The summed E-state index contributed by atoms with van der Waals surface area (Å²) in [5.74, 6) is 1.91. The number of fused-ring (bicyclic) bond motifs is 3. The van der Waals surface area contributed by atoms with Crippen LogP contribution in [0, 0.1) is 11.8 Å². The standard InChI is InChI=1S/C20H26N2O3/c1-24-16-5-6-17-14(11-25-18(17)10-16)9-19(23)22-20-12-3-2-4-13(20)8-15(21)7-12/h5-6,10-13,15,20H,2-4,7-9,21H2,1H3,(H,22,23). The third-order valence-electron chi connectivity index (χ3n) is 5.92. The zero-order valence-corrected chi connectivity index (χ0v) is 14.7. The number of carbonyl (C=O) groups excluding carboxylic acids is 1. The van der Waals surface area contributed by atoms with Gasteiger partial charge in [0.25, 0.3) is 0 Å². The lowest BCUT2D eigenvalue weighted by Gasteiger charge is -2.45. The third kappa shape index (κ3) is 3.25. The van der Waals surface area contributed by atoms with Crippen molar-refractivity contribution in [2.45, 2.75) is 50.6 Å². The van der Waals surface area contributed by atoms with Crippen molar-refractivity contribution >= 4 is 16.9 Å². The lowest BCUT2D eigenvalue weighted by molar-refractivity contribution is -0.122. The molecule has 134 valence electrons. The van der Waals surface area contributed by atoms with Crippen LogP contribution in [-0.2, 0) is 11.2 Å². The van der Waals surface area contributed by atoms with Gasteiger partial charge in [-0.1, -0.05) is 6.42 Å². The van der Waals surface area contributed by atoms with Crippen molar-refractivity contribution in [3.8, 4) is 5.75 Å². The highest BCUT2D eigenvalue weighted by atomic mass is 16.5. The average Bonchev–Trinajstić information content (AvgIpc) is 2.97. The molecule has 5 heteroatoms. The number of benzene rings is 1. The summed E-state index contributed by atoms with van der Waals surface area (Å²) in [6.45, 7) is 0. The first-order valence-corrected chi connectivity index (χ1v) is 9.23. The molecule has 2 bridgehead atoms. The Labute approximate surface area is 147 Å². The average molecular weight is 342 g/mol. The highest BCUT2D eigenvalue weighted by Gasteiger charge is 2.39. The molecule has 1 heterocycles. The molecule has 0 saturated heterocycles. The second kappa shape index (κ2) is 6.71. The van der Waals surface area contributed by atoms with Crippen LogP contribution in [0.1, 0.15) is 37.7 Å². The zero-order valence-electron chi connectivity index (χ0n) is 14.7. The van der Waals surface area contributed by atoms with E-state index in [4.69, 9.17) is 14.9 Å². The van der Waals surface area contributed by atoms with Gasteiger partial charge in [0.15, 0.2) is 0 Å². The molecule has 25 heavy (non-hydrogen) atoms. The van der Waals surface area contributed by atoms with Gasteiger partial charge in [-0.05, 0) is 49.7 Å².